The molecule has 1 amide bonds. The van der Waals surface area contributed by atoms with E-state index in [-0.39, 0.29) is 21.9 Å². The molecule has 2 aromatic rings. The van der Waals surface area contributed by atoms with Crippen molar-refractivity contribution >= 4 is 15.9 Å². The number of aromatic nitrogens is 1. The summed E-state index contributed by atoms with van der Waals surface area (Å²) < 4.78 is 35.9. The number of furan rings is 1. The van der Waals surface area contributed by atoms with Crippen molar-refractivity contribution in [2.45, 2.75) is 25.7 Å². The van der Waals surface area contributed by atoms with Gasteiger partial charge in [-0.25, -0.2) is 13.1 Å². The monoisotopic (exact) mass is 284 g/mol. The topological polar surface area (TPSA) is 102 Å². The molecule has 0 aliphatic rings. The number of hydrogen-bond donors (Lipinski definition) is 1. The molecule has 0 aromatic carbocycles. The Labute approximate surface area is 109 Å². The summed E-state index contributed by atoms with van der Waals surface area (Å²) >= 11 is 0. The molecule has 0 aliphatic heterocycles. The quantitative estimate of drug-likeness (QED) is 0.911. The van der Waals surface area contributed by atoms with Crippen molar-refractivity contribution in [1.29, 1.82) is 0 Å². The van der Waals surface area contributed by atoms with E-state index in [2.05, 4.69) is 5.16 Å². The summed E-state index contributed by atoms with van der Waals surface area (Å²) in [5, 5.41) is 3.55. The lowest BCUT2D eigenvalue weighted by Gasteiger charge is -2.05. The van der Waals surface area contributed by atoms with Gasteiger partial charge in [0.15, 0.2) is 10.7 Å². The van der Waals surface area contributed by atoms with Crippen LogP contribution in [0.5, 0.6) is 0 Å². The first-order valence-corrected chi connectivity index (χ1v) is 6.85. The fourth-order valence-electron chi connectivity index (χ4n) is 1.71. The van der Waals surface area contributed by atoms with E-state index < -0.39 is 15.9 Å². The molecular weight excluding hydrogens is 272 g/mol. The Balaban J connectivity index is 2.33. The van der Waals surface area contributed by atoms with Gasteiger partial charge in [-0.05, 0) is 26.8 Å². The van der Waals surface area contributed by atoms with E-state index in [1.807, 2.05) is 4.72 Å². The maximum atomic E-state index is 12.1. The molecule has 0 atom stereocenters. The Kier molecular flexibility index (Phi) is 3.19. The summed E-state index contributed by atoms with van der Waals surface area (Å²) in [6, 6.07) is 1.40. The smallest absolute Gasteiger partial charge is 0.269 e. The van der Waals surface area contributed by atoms with Gasteiger partial charge in [0.2, 0.25) is 0 Å². The highest BCUT2D eigenvalue weighted by Crippen LogP contribution is 2.19. The summed E-state index contributed by atoms with van der Waals surface area (Å²) in [5.74, 6) is -0.292. The highest BCUT2D eigenvalue weighted by Gasteiger charge is 2.27. The second kappa shape index (κ2) is 4.54. The molecule has 0 radical (unpaired) electrons. The summed E-state index contributed by atoms with van der Waals surface area (Å²) in [7, 11) is -4.02. The van der Waals surface area contributed by atoms with Crippen LogP contribution in [0.1, 0.15) is 27.6 Å². The number of nitrogens with one attached hydrogen (secondary N) is 1. The first-order valence-electron chi connectivity index (χ1n) is 5.37. The van der Waals surface area contributed by atoms with Crippen molar-refractivity contribution in [2.75, 3.05) is 0 Å². The standard InChI is InChI=1S/C11H12N2O5S/c1-6-10(8(3)18-12-6)19(15,16)13-11(14)9-4-5-17-7(9)2/h4-5H,1-3H3,(H,13,14). The van der Waals surface area contributed by atoms with Crippen LogP contribution in [0, 0.1) is 20.8 Å². The first-order chi connectivity index (χ1) is 8.83. The molecule has 1 N–H and O–H groups in total. The van der Waals surface area contributed by atoms with Gasteiger partial charge in [0.25, 0.3) is 15.9 Å². The molecule has 0 saturated carbocycles. The third kappa shape index (κ3) is 2.39. The number of hydrogen-bond acceptors (Lipinski definition) is 6. The predicted molar refractivity (Wildman–Crippen MR) is 64.1 cm³/mol. The van der Waals surface area contributed by atoms with Gasteiger partial charge in [-0.1, -0.05) is 5.16 Å². The second-order valence-corrected chi connectivity index (χ2v) is 5.60. The number of amides is 1. The van der Waals surface area contributed by atoms with E-state index in [9.17, 15) is 13.2 Å². The van der Waals surface area contributed by atoms with Crippen molar-refractivity contribution in [3.8, 4) is 0 Å². The van der Waals surface area contributed by atoms with E-state index in [0.717, 1.165) is 0 Å². The highest BCUT2D eigenvalue weighted by atomic mass is 32.2. The fraction of sp³-hybridized carbons (Fsp3) is 0.273. The summed E-state index contributed by atoms with van der Waals surface area (Å²) in [6.07, 6.45) is 1.31. The molecular formula is C11H12N2O5S. The molecule has 2 rings (SSSR count). The van der Waals surface area contributed by atoms with Crippen LogP contribution in [-0.2, 0) is 10.0 Å². The number of carbonyl (C=O) groups is 1. The van der Waals surface area contributed by atoms with Gasteiger partial charge in [-0.2, -0.15) is 0 Å². The van der Waals surface area contributed by atoms with Crippen molar-refractivity contribution < 1.29 is 22.2 Å². The van der Waals surface area contributed by atoms with E-state index in [1.54, 1.807) is 6.92 Å². The molecule has 0 saturated heterocycles. The van der Waals surface area contributed by atoms with Crippen LogP contribution in [0.25, 0.3) is 0 Å². The molecule has 2 heterocycles. The van der Waals surface area contributed by atoms with E-state index in [4.69, 9.17) is 8.94 Å². The molecule has 0 bridgehead atoms. The third-order valence-electron chi connectivity index (χ3n) is 2.57. The molecule has 19 heavy (non-hydrogen) atoms. The molecule has 7 nitrogen and oxygen atoms in total. The lowest BCUT2D eigenvalue weighted by molar-refractivity contribution is 0.0980. The largest absolute Gasteiger partial charge is 0.469 e. The number of aryl methyl sites for hydroxylation is 3. The van der Waals surface area contributed by atoms with E-state index in [1.165, 1.54) is 26.2 Å². The molecule has 0 unspecified atom stereocenters. The van der Waals surface area contributed by atoms with Crippen LogP contribution in [0.2, 0.25) is 0 Å². The van der Waals surface area contributed by atoms with Gasteiger partial charge in [-0.15, -0.1) is 0 Å². The van der Waals surface area contributed by atoms with Gasteiger partial charge in [-0.3, -0.25) is 4.79 Å². The van der Waals surface area contributed by atoms with Crippen molar-refractivity contribution in [3.63, 3.8) is 0 Å². The average Bonchev–Trinajstić information content (AvgIpc) is 2.84. The molecule has 0 spiro atoms. The Morgan fingerprint density at radius 1 is 1.26 bits per heavy atom. The SMILES string of the molecule is Cc1noc(C)c1S(=O)(=O)NC(=O)c1ccoc1C. The van der Waals surface area contributed by atoms with Gasteiger partial charge >= 0.3 is 0 Å². The zero-order chi connectivity index (χ0) is 14.2. The van der Waals surface area contributed by atoms with E-state index in [0.29, 0.717) is 5.76 Å². The Morgan fingerprint density at radius 2 is 1.95 bits per heavy atom. The Bertz CT molecular complexity index is 707. The van der Waals surface area contributed by atoms with Crippen LogP contribution in [-0.4, -0.2) is 19.5 Å². The van der Waals surface area contributed by atoms with Crippen LogP contribution in [0.3, 0.4) is 0 Å². The highest BCUT2D eigenvalue weighted by molar-refractivity contribution is 7.90. The number of sulfonamides is 1. The maximum Gasteiger partial charge on any atom is 0.269 e. The number of rotatable bonds is 3. The average molecular weight is 284 g/mol. The molecule has 0 aliphatic carbocycles. The van der Waals surface area contributed by atoms with Crippen LogP contribution in [0.15, 0.2) is 26.2 Å². The second-order valence-electron chi connectivity index (χ2n) is 3.98. The predicted octanol–water partition coefficient (Wildman–Crippen LogP) is 1.31. The van der Waals surface area contributed by atoms with Gasteiger partial charge in [0.1, 0.15) is 11.5 Å². The van der Waals surface area contributed by atoms with Crippen molar-refractivity contribution in [2.24, 2.45) is 0 Å². The first kappa shape index (κ1) is 13.3. The maximum absolute atomic E-state index is 12.1. The third-order valence-corrected chi connectivity index (χ3v) is 4.14. The van der Waals surface area contributed by atoms with Gasteiger partial charge in [0, 0.05) is 0 Å². The number of carbonyl (C=O) groups excluding carboxylic acids is 1. The lowest BCUT2D eigenvalue weighted by Crippen LogP contribution is -2.31. The molecule has 0 fully saturated rings. The van der Waals surface area contributed by atoms with Crippen molar-refractivity contribution in [3.05, 3.63) is 35.1 Å². The van der Waals surface area contributed by atoms with Crippen LogP contribution >= 0.6 is 0 Å². The fourth-order valence-corrected chi connectivity index (χ4v) is 3.00. The Morgan fingerprint density at radius 3 is 2.42 bits per heavy atom. The van der Waals surface area contributed by atoms with Crippen LogP contribution in [0.4, 0.5) is 0 Å². The zero-order valence-corrected chi connectivity index (χ0v) is 11.4. The minimum Gasteiger partial charge on any atom is -0.469 e. The number of nitrogens with zero attached hydrogens (tertiary/aromatic N) is 1. The Hall–Kier alpha value is -2.09. The normalized spacial score (nSPS) is 11.5. The van der Waals surface area contributed by atoms with Crippen LogP contribution < -0.4 is 4.72 Å². The molecule has 8 heteroatoms. The minimum atomic E-state index is -4.02. The van der Waals surface area contributed by atoms with Gasteiger partial charge < -0.3 is 8.94 Å². The molecule has 102 valence electrons. The summed E-state index contributed by atoms with van der Waals surface area (Å²) in [4.78, 5) is 11.7. The zero-order valence-electron chi connectivity index (χ0n) is 10.6. The lowest BCUT2D eigenvalue weighted by atomic mass is 10.2. The summed E-state index contributed by atoms with van der Waals surface area (Å²) in [5.41, 5.74) is 0.358. The van der Waals surface area contributed by atoms with E-state index >= 15 is 0 Å². The van der Waals surface area contributed by atoms with Crippen molar-refractivity contribution in [1.82, 2.24) is 9.88 Å². The van der Waals surface area contributed by atoms with Gasteiger partial charge in [0.05, 0.1) is 11.8 Å². The summed E-state index contributed by atoms with van der Waals surface area (Å²) in [6.45, 7) is 4.51. The minimum absolute atomic E-state index is 0.123. The molecule has 2 aromatic heterocycles.